The SMILES string of the molecule is C#CCn1cc(CN(C)Cc2ccc(Cl)cc2F)cn1. The summed E-state index contributed by atoms with van der Waals surface area (Å²) in [5.74, 6) is 2.24. The number of benzene rings is 1. The molecule has 0 saturated heterocycles. The number of hydrogen-bond acceptors (Lipinski definition) is 2. The van der Waals surface area contributed by atoms with E-state index in [1.54, 1.807) is 23.0 Å². The maximum absolute atomic E-state index is 13.7. The van der Waals surface area contributed by atoms with Crippen LogP contribution in [-0.2, 0) is 19.6 Å². The van der Waals surface area contributed by atoms with E-state index in [0.29, 0.717) is 30.2 Å². The minimum atomic E-state index is -0.285. The van der Waals surface area contributed by atoms with Gasteiger partial charge in [-0.15, -0.1) is 6.42 Å². The molecular formula is C15H15ClFN3. The molecule has 5 heteroatoms. The number of rotatable bonds is 5. The van der Waals surface area contributed by atoms with Crippen molar-refractivity contribution in [2.45, 2.75) is 19.6 Å². The molecule has 1 heterocycles. The van der Waals surface area contributed by atoms with Crippen LogP contribution < -0.4 is 0 Å². The van der Waals surface area contributed by atoms with Crippen molar-refractivity contribution in [1.82, 2.24) is 14.7 Å². The van der Waals surface area contributed by atoms with E-state index in [1.165, 1.54) is 6.07 Å². The summed E-state index contributed by atoms with van der Waals surface area (Å²) in [6.07, 6.45) is 8.90. The van der Waals surface area contributed by atoms with Gasteiger partial charge in [-0.1, -0.05) is 23.6 Å². The largest absolute Gasteiger partial charge is 0.298 e. The fourth-order valence-electron chi connectivity index (χ4n) is 1.98. The molecule has 0 N–H and O–H groups in total. The molecule has 1 aromatic heterocycles. The molecular weight excluding hydrogens is 277 g/mol. The van der Waals surface area contributed by atoms with Crippen LogP contribution in [0.3, 0.4) is 0 Å². The third-order valence-electron chi connectivity index (χ3n) is 2.85. The van der Waals surface area contributed by atoms with Gasteiger partial charge in [-0.2, -0.15) is 5.10 Å². The Kier molecular flexibility index (Phi) is 4.78. The van der Waals surface area contributed by atoms with E-state index in [2.05, 4.69) is 11.0 Å². The normalized spacial score (nSPS) is 10.8. The number of nitrogens with zero attached hydrogens (tertiary/aromatic N) is 3. The Morgan fingerprint density at radius 3 is 2.95 bits per heavy atom. The van der Waals surface area contributed by atoms with Crippen LogP contribution in [0.1, 0.15) is 11.1 Å². The summed E-state index contributed by atoms with van der Waals surface area (Å²) in [6, 6.07) is 4.73. The average Bonchev–Trinajstić information content (AvgIpc) is 2.81. The molecule has 104 valence electrons. The van der Waals surface area contributed by atoms with E-state index < -0.39 is 0 Å². The first-order chi connectivity index (χ1) is 9.58. The number of terminal acetylenes is 1. The van der Waals surface area contributed by atoms with E-state index in [0.717, 1.165) is 5.56 Å². The molecule has 0 bridgehead atoms. The molecule has 0 radical (unpaired) electrons. The fourth-order valence-corrected chi connectivity index (χ4v) is 2.14. The zero-order chi connectivity index (χ0) is 14.5. The minimum absolute atomic E-state index is 0.285. The molecule has 20 heavy (non-hydrogen) atoms. The van der Waals surface area contributed by atoms with Gasteiger partial charge in [-0.25, -0.2) is 4.39 Å². The molecule has 3 nitrogen and oxygen atoms in total. The Bertz CT molecular complexity index is 630. The van der Waals surface area contributed by atoms with Gasteiger partial charge in [0.15, 0.2) is 0 Å². The van der Waals surface area contributed by atoms with Gasteiger partial charge < -0.3 is 0 Å². The molecule has 0 fully saturated rings. The Morgan fingerprint density at radius 2 is 2.25 bits per heavy atom. The van der Waals surface area contributed by atoms with E-state index in [9.17, 15) is 4.39 Å². The number of aromatic nitrogens is 2. The Morgan fingerprint density at radius 1 is 1.45 bits per heavy atom. The van der Waals surface area contributed by atoms with Gasteiger partial charge in [-0.05, 0) is 19.2 Å². The van der Waals surface area contributed by atoms with Gasteiger partial charge in [0.25, 0.3) is 0 Å². The second kappa shape index (κ2) is 6.56. The van der Waals surface area contributed by atoms with Gasteiger partial charge >= 0.3 is 0 Å². The zero-order valence-corrected chi connectivity index (χ0v) is 11.9. The van der Waals surface area contributed by atoms with Gasteiger partial charge in [0, 0.05) is 35.4 Å². The monoisotopic (exact) mass is 291 g/mol. The standard InChI is InChI=1S/C15H15ClFN3/c1-3-6-20-10-12(8-18-20)9-19(2)11-13-4-5-14(16)7-15(13)17/h1,4-5,7-8,10H,6,9,11H2,2H3. The smallest absolute Gasteiger partial charge is 0.129 e. The lowest BCUT2D eigenvalue weighted by atomic mass is 10.2. The van der Waals surface area contributed by atoms with Crippen LogP contribution in [0.2, 0.25) is 5.02 Å². The van der Waals surface area contributed by atoms with Gasteiger partial charge in [-0.3, -0.25) is 9.58 Å². The summed E-state index contributed by atoms with van der Waals surface area (Å²) < 4.78 is 15.4. The molecule has 1 aromatic carbocycles. The van der Waals surface area contributed by atoms with Crippen molar-refractivity contribution in [3.05, 3.63) is 52.6 Å². The van der Waals surface area contributed by atoms with E-state index in [-0.39, 0.29) is 5.82 Å². The lowest BCUT2D eigenvalue weighted by Gasteiger charge is -2.16. The highest BCUT2D eigenvalue weighted by Gasteiger charge is 2.08. The Balaban J connectivity index is 1.97. The van der Waals surface area contributed by atoms with Crippen LogP contribution in [0.4, 0.5) is 4.39 Å². The van der Waals surface area contributed by atoms with Crippen molar-refractivity contribution in [3.8, 4) is 12.3 Å². The molecule has 0 spiro atoms. The van der Waals surface area contributed by atoms with E-state index in [1.807, 2.05) is 18.1 Å². The van der Waals surface area contributed by atoms with Crippen LogP contribution in [0.5, 0.6) is 0 Å². The molecule has 0 aliphatic rings. The third-order valence-corrected chi connectivity index (χ3v) is 3.08. The number of halogens is 2. The van der Waals surface area contributed by atoms with Crippen LogP contribution in [0.25, 0.3) is 0 Å². The molecule has 2 rings (SSSR count). The predicted molar refractivity (Wildman–Crippen MR) is 77.6 cm³/mol. The summed E-state index contributed by atoms with van der Waals surface area (Å²) in [6.45, 7) is 1.63. The lowest BCUT2D eigenvalue weighted by molar-refractivity contribution is 0.313. The highest BCUT2D eigenvalue weighted by atomic mass is 35.5. The molecule has 0 saturated carbocycles. The van der Waals surface area contributed by atoms with Crippen LogP contribution in [0, 0.1) is 18.2 Å². The topological polar surface area (TPSA) is 21.1 Å². The van der Waals surface area contributed by atoms with Crippen LogP contribution >= 0.6 is 11.6 Å². The Hall–Kier alpha value is -1.83. The summed E-state index contributed by atoms with van der Waals surface area (Å²) in [4.78, 5) is 2.00. The van der Waals surface area contributed by atoms with Gasteiger partial charge in [0.2, 0.25) is 0 Å². The van der Waals surface area contributed by atoms with Crippen molar-refractivity contribution < 1.29 is 4.39 Å². The summed E-state index contributed by atoms with van der Waals surface area (Å²) in [7, 11) is 1.92. The van der Waals surface area contributed by atoms with Crippen molar-refractivity contribution in [2.75, 3.05) is 7.05 Å². The maximum atomic E-state index is 13.7. The first-order valence-electron chi connectivity index (χ1n) is 6.15. The first-order valence-corrected chi connectivity index (χ1v) is 6.53. The summed E-state index contributed by atoms with van der Waals surface area (Å²) in [5, 5.41) is 4.56. The molecule has 0 atom stereocenters. The predicted octanol–water partition coefficient (Wildman–Crippen LogP) is 2.94. The quantitative estimate of drug-likeness (QED) is 0.790. The van der Waals surface area contributed by atoms with E-state index in [4.69, 9.17) is 18.0 Å². The highest BCUT2D eigenvalue weighted by molar-refractivity contribution is 6.30. The first kappa shape index (κ1) is 14.6. The van der Waals surface area contributed by atoms with Crippen LogP contribution in [-0.4, -0.2) is 21.7 Å². The third kappa shape index (κ3) is 3.83. The van der Waals surface area contributed by atoms with Gasteiger partial charge in [0.1, 0.15) is 12.4 Å². The van der Waals surface area contributed by atoms with Crippen LogP contribution in [0.15, 0.2) is 30.6 Å². The molecule has 0 amide bonds. The van der Waals surface area contributed by atoms with Crippen molar-refractivity contribution in [1.29, 1.82) is 0 Å². The zero-order valence-electron chi connectivity index (χ0n) is 11.2. The van der Waals surface area contributed by atoms with E-state index >= 15 is 0 Å². The van der Waals surface area contributed by atoms with Crippen molar-refractivity contribution in [2.24, 2.45) is 0 Å². The summed E-state index contributed by atoms with van der Waals surface area (Å²) >= 11 is 5.73. The highest BCUT2D eigenvalue weighted by Crippen LogP contribution is 2.16. The maximum Gasteiger partial charge on any atom is 0.129 e. The van der Waals surface area contributed by atoms with Crippen molar-refractivity contribution >= 4 is 11.6 Å². The summed E-state index contributed by atoms with van der Waals surface area (Å²) in [5.41, 5.74) is 1.66. The molecule has 0 aliphatic carbocycles. The minimum Gasteiger partial charge on any atom is -0.298 e. The molecule has 0 unspecified atom stereocenters. The second-order valence-corrected chi connectivity index (χ2v) is 5.09. The molecule has 2 aromatic rings. The average molecular weight is 292 g/mol. The van der Waals surface area contributed by atoms with Crippen molar-refractivity contribution in [3.63, 3.8) is 0 Å². The second-order valence-electron chi connectivity index (χ2n) is 4.66. The molecule has 0 aliphatic heterocycles. The van der Waals surface area contributed by atoms with Gasteiger partial charge in [0.05, 0.1) is 6.20 Å². The number of hydrogen-bond donors (Lipinski definition) is 0. The Labute approximate surface area is 123 Å². The lowest BCUT2D eigenvalue weighted by Crippen LogP contribution is -2.17. The fraction of sp³-hybridized carbons (Fsp3) is 0.267.